The van der Waals surface area contributed by atoms with Gasteiger partial charge in [-0.2, -0.15) is 0 Å². The molecule has 6 aromatic carbocycles. The van der Waals surface area contributed by atoms with Crippen molar-refractivity contribution in [2.24, 2.45) is 0 Å². The molecule has 2 aromatic heterocycles. The van der Waals surface area contributed by atoms with Crippen LogP contribution < -0.4 is 20.6 Å². The molecule has 2 heterocycles. The minimum absolute atomic E-state index is 0. The normalized spacial score (nSPS) is 11.1. The number of hydrogen-bond donors (Lipinski definition) is 2. The average molecular weight is 854 g/mol. The maximum Gasteiger partial charge on any atom is 0.266 e. The molecule has 0 bridgehead atoms. The number of aromatic nitrogens is 4. The number of para-hydroxylation sites is 4. The van der Waals surface area contributed by atoms with Crippen molar-refractivity contribution in [2.45, 2.75) is 21.3 Å². The second-order valence-electron chi connectivity index (χ2n) is 13.6. The van der Waals surface area contributed by atoms with E-state index in [-0.39, 0.29) is 30.0 Å². The molecule has 0 saturated heterocycles. The standard InChI is InChI=1S/C25H22N2O3.C23H16Cl2N2O3.CH4/c1-16-11-13-21(17(2)15-16)27-23(26-20-9-5-4-8-19(20)25(27)29)14-12-18-7-6-10-22(30-3)24(18)28;1-30-20-8-4-5-14(22(20)28)9-12-21-26-19-7-3-2-6-16(19)23(29)27(21)15-10-11-17(24)18(25)13-15;/h4-15,28H,1-3H3;2-13,28H,1H3;1H4/b14-12+;12-9+;. The maximum absolute atomic E-state index is 13.4. The third-order valence-electron chi connectivity index (χ3n) is 9.68. The Bertz CT molecular complexity index is 3100. The molecule has 0 radical (unpaired) electrons. The summed E-state index contributed by atoms with van der Waals surface area (Å²) in [6.07, 6.45) is 6.79. The van der Waals surface area contributed by atoms with Gasteiger partial charge in [0.2, 0.25) is 0 Å². The van der Waals surface area contributed by atoms with Crippen LogP contribution >= 0.6 is 23.2 Å². The van der Waals surface area contributed by atoms with Gasteiger partial charge < -0.3 is 19.7 Å². The van der Waals surface area contributed by atoms with Crippen LogP contribution in [0.4, 0.5) is 0 Å². The molecule has 0 amide bonds. The van der Waals surface area contributed by atoms with E-state index in [2.05, 4.69) is 4.98 Å². The van der Waals surface area contributed by atoms with Crippen LogP contribution in [-0.2, 0) is 0 Å². The van der Waals surface area contributed by atoms with Gasteiger partial charge in [0.05, 0.1) is 57.4 Å². The number of phenolic OH excluding ortho intramolecular Hbond substituents is 2. The Labute approximate surface area is 362 Å². The number of fused-ring (bicyclic) bond motifs is 2. The number of aryl methyl sites for hydroxylation is 2. The Balaban J connectivity index is 0.000000201. The molecule has 0 aliphatic rings. The topological polar surface area (TPSA) is 129 Å². The number of halogens is 2. The van der Waals surface area contributed by atoms with Crippen molar-refractivity contribution in [3.8, 4) is 34.4 Å². The largest absolute Gasteiger partial charge is 0.504 e. The lowest BCUT2D eigenvalue weighted by molar-refractivity contribution is 0.373. The second-order valence-corrected chi connectivity index (χ2v) is 14.4. The summed E-state index contributed by atoms with van der Waals surface area (Å²) >= 11 is 12.2. The molecule has 0 saturated carbocycles. The fraction of sp³-hybridized carbons (Fsp3) is 0.102. The molecule has 0 aliphatic heterocycles. The van der Waals surface area contributed by atoms with Gasteiger partial charge in [-0.05, 0) is 104 Å². The van der Waals surface area contributed by atoms with Crippen molar-refractivity contribution in [1.82, 2.24) is 19.1 Å². The van der Waals surface area contributed by atoms with Gasteiger partial charge in [0.25, 0.3) is 11.1 Å². The fourth-order valence-corrected chi connectivity index (χ4v) is 6.98. The monoisotopic (exact) mass is 852 g/mol. The van der Waals surface area contributed by atoms with Crippen LogP contribution in [0.25, 0.3) is 57.5 Å². The minimum atomic E-state index is -0.242. The van der Waals surface area contributed by atoms with E-state index in [0.29, 0.717) is 71.8 Å². The van der Waals surface area contributed by atoms with Gasteiger partial charge in [-0.15, -0.1) is 0 Å². The fourth-order valence-electron chi connectivity index (χ4n) is 6.69. The van der Waals surface area contributed by atoms with Crippen molar-refractivity contribution in [3.63, 3.8) is 0 Å². The first-order chi connectivity index (χ1) is 29.0. The summed E-state index contributed by atoms with van der Waals surface area (Å²) in [6, 6.07) is 35.7. The Hall–Kier alpha value is -7.14. The zero-order valence-electron chi connectivity index (χ0n) is 32.9. The lowest BCUT2D eigenvalue weighted by Gasteiger charge is -2.14. The lowest BCUT2D eigenvalue weighted by atomic mass is 10.1. The summed E-state index contributed by atoms with van der Waals surface area (Å²) in [4.78, 5) is 36.0. The number of aromatic hydroxyl groups is 2. The zero-order valence-corrected chi connectivity index (χ0v) is 34.4. The summed E-state index contributed by atoms with van der Waals surface area (Å²) in [5.74, 6) is 1.63. The first-order valence-electron chi connectivity index (χ1n) is 18.6. The number of methoxy groups -OCH3 is 2. The SMILES string of the molecule is C.COc1cccc(/C=C/c2nc3ccccc3c(=O)n2-c2ccc(C)cc2C)c1O.COc1cccc(/C=C/c2nc3ccccc3c(=O)n2-c2ccc(Cl)c(Cl)c2)c1O. The predicted molar refractivity (Wildman–Crippen MR) is 248 cm³/mol. The molecule has 12 heteroatoms. The highest BCUT2D eigenvalue weighted by molar-refractivity contribution is 6.42. The number of phenols is 2. The van der Waals surface area contributed by atoms with Crippen molar-refractivity contribution >= 4 is 69.3 Å². The molecular weight excluding hydrogens is 811 g/mol. The van der Waals surface area contributed by atoms with Crippen LogP contribution in [0, 0.1) is 13.8 Å². The van der Waals surface area contributed by atoms with Gasteiger partial charge in [0, 0.05) is 11.1 Å². The number of hydrogen-bond acceptors (Lipinski definition) is 8. The van der Waals surface area contributed by atoms with Crippen molar-refractivity contribution in [2.75, 3.05) is 14.2 Å². The minimum Gasteiger partial charge on any atom is -0.504 e. The molecule has 0 aliphatic carbocycles. The summed E-state index contributed by atoms with van der Waals surface area (Å²) in [7, 11) is 2.99. The molecular formula is C49H42Cl2N4O6. The zero-order chi connectivity index (χ0) is 42.5. The maximum atomic E-state index is 13.4. The van der Waals surface area contributed by atoms with Crippen molar-refractivity contribution < 1.29 is 19.7 Å². The van der Waals surface area contributed by atoms with Gasteiger partial charge in [-0.25, -0.2) is 9.97 Å². The first-order valence-corrected chi connectivity index (χ1v) is 19.4. The van der Waals surface area contributed by atoms with Crippen molar-refractivity contribution in [1.29, 1.82) is 0 Å². The van der Waals surface area contributed by atoms with Crippen LogP contribution in [-0.4, -0.2) is 43.5 Å². The molecule has 0 spiro atoms. The van der Waals surface area contributed by atoms with E-state index in [4.69, 9.17) is 37.7 Å². The smallest absolute Gasteiger partial charge is 0.266 e. The molecule has 0 unspecified atom stereocenters. The lowest BCUT2D eigenvalue weighted by Crippen LogP contribution is -2.23. The highest BCUT2D eigenvalue weighted by atomic mass is 35.5. The van der Waals surface area contributed by atoms with Crippen molar-refractivity contribution in [3.05, 3.63) is 186 Å². The molecule has 61 heavy (non-hydrogen) atoms. The molecule has 2 N–H and O–H groups in total. The van der Waals surface area contributed by atoms with Crippen LogP contribution in [0.3, 0.4) is 0 Å². The second kappa shape index (κ2) is 18.8. The van der Waals surface area contributed by atoms with E-state index in [9.17, 15) is 19.8 Å². The Morgan fingerprint density at radius 1 is 0.574 bits per heavy atom. The van der Waals surface area contributed by atoms with Crippen LogP contribution in [0.5, 0.6) is 23.0 Å². The number of benzene rings is 6. The van der Waals surface area contributed by atoms with Gasteiger partial charge >= 0.3 is 0 Å². The number of rotatable bonds is 8. The number of nitrogens with zero attached hydrogens (tertiary/aromatic N) is 4. The van der Waals surface area contributed by atoms with Crippen LogP contribution in [0.1, 0.15) is 41.3 Å². The van der Waals surface area contributed by atoms with Crippen LogP contribution in [0.2, 0.25) is 10.0 Å². The van der Waals surface area contributed by atoms with Gasteiger partial charge in [0.15, 0.2) is 23.0 Å². The highest BCUT2D eigenvalue weighted by Crippen LogP contribution is 2.32. The summed E-state index contributed by atoms with van der Waals surface area (Å²) in [5.41, 5.74) is 5.31. The molecule has 308 valence electrons. The first kappa shape index (κ1) is 43.4. The third-order valence-corrected chi connectivity index (χ3v) is 10.4. The van der Waals surface area contributed by atoms with E-state index in [1.54, 1.807) is 108 Å². The van der Waals surface area contributed by atoms with E-state index in [1.165, 1.54) is 18.8 Å². The van der Waals surface area contributed by atoms with E-state index >= 15 is 0 Å². The summed E-state index contributed by atoms with van der Waals surface area (Å²) in [6.45, 7) is 4.00. The quantitative estimate of drug-likeness (QED) is 0.155. The van der Waals surface area contributed by atoms with E-state index in [1.807, 2.05) is 56.3 Å². The Morgan fingerprint density at radius 3 is 1.59 bits per heavy atom. The van der Waals surface area contributed by atoms with Gasteiger partial charge in [-0.1, -0.05) is 96.9 Å². The van der Waals surface area contributed by atoms with E-state index < -0.39 is 0 Å². The van der Waals surface area contributed by atoms with Gasteiger partial charge in [0.1, 0.15) is 11.6 Å². The summed E-state index contributed by atoms with van der Waals surface area (Å²) in [5, 5.41) is 22.5. The number of ether oxygens (including phenoxy) is 2. The summed E-state index contributed by atoms with van der Waals surface area (Å²) < 4.78 is 13.4. The van der Waals surface area contributed by atoms with Crippen LogP contribution in [0.15, 0.2) is 131 Å². The van der Waals surface area contributed by atoms with E-state index in [0.717, 1.165) is 16.8 Å². The Morgan fingerprint density at radius 2 is 1.08 bits per heavy atom. The average Bonchev–Trinajstić information content (AvgIpc) is 3.25. The molecule has 8 aromatic rings. The Kier molecular flexibility index (Phi) is 13.4. The molecule has 0 atom stereocenters. The highest BCUT2D eigenvalue weighted by Gasteiger charge is 2.15. The third kappa shape index (κ3) is 9.06. The van der Waals surface area contributed by atoms with Gasteiger partial charge in [-0.3, -0.25) is 18.7 Å². The molecule has 10 nitrogen and oxygen atoms in total. The molecule has 0 fully saturated rings. The predicted octanol–water partition coefficient (Wildman–Crippen LogP) is 11.1. The molecule has 8 rings (SSSR count).